The molecule has 0 bridgehead atoms. The lowest BCUT2D eigenvalue weighted by Gasteiger charge is -2.12. The van der Waals surface area contributed by atoms with Gasteiger partial charge in [-0.2, -0.15) is 0 Å². The summed E-state index contributed by atoms with van der Waals surface area (Å²) in [7, 11) is 0. The van der Waals surface area contributed by atoms with Crippen LogP contribution >= 0.6 is 15.9 Å². The molecule has 0 unspecified atom stereocenters. The number of carbonyl (C=O) groups excluding carboxylic acids is 1. The quantitative estimate of drug-likeness (QED) is 0.673. The van der Waals surface area contributed by atoms with Gasteiger partial charge in [0.1, 0.15) is 5.56 Å². The minimum Gasteiger partial charge on any atom is -0.462 e. The van der Waals surface area contributed by atoms with Gasteiger partial charge in [0, 0.05) is 11.5 Å². The summed E-state index contributed by atoms with van der Waals surface area (Å²) in [6, 6.07) is 0. The minimum atomic E-state index is -5.03. The first-order valence-electron chi connectivity index (χ1n) is 5.03. The number of aromatic nitrogens is 1. The summed E-state index contributed by atoms with van der Waals surface area (Å²) in [6.07, 6.45) is -4.04. The highest BCUT2D eigenvalue weighted by atomic mass is 79.9. The van der Waals surface area contributed by atoms with Crippen LogP contribution in [0.25, 0.3) is 0 Å². The van der Waals surface area contributed by atoms with Crippen LogP contribution in [-0.2, 0) is 10.1 Å². The highest BCUT2D eigenvalue weighted by molar-refractivity contribution is 9.08. The molecule has 0 fully saturated rings. The molecule has 0 radical (unpaired) electrons. The third kappa shape index (κ3) is 3.98. The maximum atomic E-state index is 12.2. The number of hydrogen-bond acceptors (Lipinski definition) is 4. The lowest BCUT2D eigenvalue weighted by Crippen LogP contribution is -2.27. The molecule has 9 heteroatoms. The molecule has 0 saturated heterocycles. The molecular formula is C10H9BrF3NO4. The second-order valence-electron chi connectivity index (χ2n) is 3.24. The monoisotopic (exact) mass is 343 g/mol. The zero-order valence-electron chi connectivity index (χ0n) is 9.64. The standard InChI is InChI=1S/C10H9BrF3NO4/c1-2-18-9(17)5-4-15-6(3-11)8(7(5)16)19-10(12,13)14/h4H,2-3H2,1H3,(H,15,16). The van der Waals surface area contributed by atoms with Crippen LogP contribution < -0.4 is 10.2 Å². The highest BCUT2D eigenvalue weighted by Gasteiger charge is 2.34. The fourth-order valence-corrected chi connectivity index (χ4v) is 1.65. The van der Waals surface area contributed by atoms with Gasteiger partial charge in [-0.3, -0.25) is 4.79 Å². The number of halogens is 4. The molecule has 1 rings (SSSR count). The van der Waals surface area contributed by atoms with E-state index < -0.39 is 29.1 Å². The second kappa shape index (κ2) is 6.09. The molecule has 0 aliphatic heterocycles. The number of alkyl halides is 4. The predicted octanol–water partition coefficient (Wildman–Crippen LogP) is 2.35. The van der Waals surface area contributed by atoms with Gasteiger partial charge >= 0.3 is 12.3 Å². The van der Waals surface area contributed by atoms with Gasteiger partial charge in [0.25, 0.3) is 0 Å². The Bertz CT molecular complexity index is 526. The number of rotatable bonds is 4. The van der Waals surface area contributed by atoms with E-state index in [0.717, 1.165) is 6.20 Å². The van der Waals surface area contributed by atoms with E-state index in [-0.39, 0.29) is 17.6 Å². The molecule has 0 atom stereocenters. The SMILES string of the molecule is CCOC(=O)c1c[nH]c(CBr)c(OC(F)(F)F)c1=O. The molecule has 19 heavy (non-hydrogen) atoms. The molecule has 0 saturated carbocycles. The smallest absolute Gasteiger partial charge is 0.462 e. The first-order chi connectivity index (χ1) is 8.80. The third-order valence-corrected chi connectivity index (χ3v) is 2.52. The van der Waals surface area contributed by atoms with E-state index in [1.807, 2.05) is 0 Å². The maximum absolute atomic E-state index is 12.2. The molecule has 0 amide bonds. The van der Waals surface area contributed by atoms with Crippen LogP contribution in [-0.4, -0.2) is 23.9 Å². The van der Waals surface area contributed by atoms with Gasteiger partial charge in [-0.1, -0.05) is 15.9 Å². The Morgan fingerprint density at radius 3 is 2.58 bits per heavy atom. The highest BCUT2D eigenvalue weighted by Crippen LogP contribution is 2.24. The van der Waals surface area contributed by atoms with Crippen molar-refractivity contribution in [2.75, 3.05) is 6.61 Å². The first kappa shape index (κ1) is 15.5. The van der Waals surface area contributed by atoms with Crippen molar-refractivity contribution in [3.05, 3.63) is 27.7 Å². The van der Waals surface area contributed by atoms with Crippen LogP contribution in [0.5, 0.6) is 5.75 Å². The molecule has 1 aromatic rings. The number of ether oxygens (including phenoxy) is 2. The maximum Gasteiger partial charge on any atom is 0.573 e. The average molecular weight is 344 g/mol. The average Bonchev–Trinajstić information content (AvgIpc) is 2.30. The van der Waals surface area contributed by atoms with E-state index in [0.29, 0.717) is 0 Å². The molecule has 0 aromatic carbocycles. The molecule has 0 aliphatic carbocycles. The molecule has 5 nitrogen and oxygen atoms in total. The van der Waals surface area contributed by atoms with E-state index >= 15 is 0 Å². The Labute approximate surface area is 113 Å². The molecule has 0 spiro atoms. The molecule has 1 aromatic heterocycles. The normalized spacial score (nSPS) is 11.2. The van der Waals surface area contributed by atoms with Crippen molar-refractivity contribution in [3.63, 3.8) is 0 Å². The van der Waals surface area contributed by atoms with Gasteiger partial charge in [0.15, 0.2) is 5.75 Å². The summed E-state index contributed by atoms with van der Waals surface area (Å²) in [6.45, 7) is 1.50. The van der Waals surface area contributed by atoms with Crippen LogP contribution in [0.1, 0.15) is 23.0 Å². The summed E-state index contributed by atoms with van der Waals surface area (Å²) in [5.74, 6) is -1.99. The van der Waals surface area contributed by atoms with Gasteiger partial charge < -0.3 is 14.5 Å². The number of H-pyrrole nitrogens is 1. The van der Waals surface area contributed by atoms with Gasteiger partial charge in [-0.25, -0.2) is 4.79 Å². The van der Waals surface area contributed by atoms with Gasteiger partial charge in [0.2, 0.25) is 5.43 Å². The molecule has 106 valence electrons. The zero-order valence-corrected chi connectivity index (χ0v) is 11.2. The largest absolute Gasteiger partial charge is 0.573 e. The Morgan fingerprint density at radius 1 is 1.47 bits per heavy atom. The van der Waals surface area contributed by atoms with Gasteiger partial charge in [-0.15, -0.1) is 13.2 Å². The number of hydrogen-bond donors (Lipinski definition) is 1. The Hall–Kier alpha value is -1.51. The molecule has 1 heterocycles. The van der Waals surface area contributed by atoms with E-state index in [4.69, 9.17) is 0 Å². The third-order valence-electron chi connectivity index (χ3n) is 1.96. The Morgan fingerprint density at radius 2 is 2.11 bits per heavy atom. The topological polar surface area (TPSA) is 68.4 Å². The van der Waals surface area contributed by atoms with E-state index in [2.05, 4.69) is 30.4 Å². The van der Waals surface area contributed by atoms with E-state index in [9.17, 15) is 22.8 Å². The number of esters is 1. The van der Waals surface area contributed by atoms with E-state index in [1.165, 1.54) is 6.92 Å². The Kier molecular flexibility index (Phi) is 4.98. The lowest BCUT2D eigenvalue weighted by molar-refractivity contribution is -0.275. The van der Waals surface area contributed by atoms with Crippen molar-refractivity contribution < 1.29 is 27.4 Å². The van der Waals surface area contributed by atoms with Crippen molar-refractivity contribution in [3.8, 4) is 5.75 Å². The minimum absolute atomic E-state index is 0.00602. The fourth-order valence-electron chi connectivity index (χ4n) is 1.23. The Balaban J connectivity index is 3.30. The van der Waals surface area contributed by atoms with Crippen LogP contribution in [0.4, 0.5) is 13.2 Å². The van der Waals surface area contributed by atoms with Crippen molar-refractivity contribution in [1.29, 1.82) is 0 Å². The number of pyridine rings is 1. The van der Waals surface area contributed by atoms with Crippen LogP contribution in [0.15, 0.2) is 11.0 Å². The van der Waals surface area contributed by atoms with Crippen molar-refractivity contribution in [1.82, 2.24) is 4.98 Å². The fraction of sp³-hybridized carbons (Fsp3) is 0.400. The van der Waals surface area contributed by atoms with E-state index in [1.54, 1.807) is 0 Å². The molecule has 1 N–H and O–H groups in total. The predicted molar refractivity (Wildman–Crippen MR) is 62.3 cm³/mol. The summed E-state index contributed by atoms with van der Waals surface area (Å²) < 4.78 is 44.8. The second-order valence-corrected chi connectivity index (χ2v) is 3.80. The van der Waals surface area contributed by atoms with Gasteiger partial charge in [0.05, 0.1) is 12.3 Å². The summed E-state index contributed by atoms with van der Waals surface area (Å²) in [5.41, 5.74) is -1.86. The summed E-state index contributed by atoms with van der Waals surface area (Å²) >= 11 is 2.91. The van der Waals surface area contributed by atoms with Crippen molar-refractivity contribution in [2.45, 2.75) is 18.6 Å². The van der Waals surface area contributed by atoms with Crippen LogP contribution in [0.3, 0.4) is 0 Å². The molecule has 0 aliphatic rings. The van der Waals surface area contributed by atoms with Crippen LogP contribution in [0.2, 0.25) is 0 Å². The summed E-state index contributed by atoms with van der Waals surface area (Å²) in [4.78, 5) is 25.6. The lowest BCUT2D eigenvalue weighted by atomic mass is 10.2. The van der Waals surface area contributed by atoms with Crippen molar-refractivity contribution >= 4 is 21.9 Å². The molecular weight excluding hydrogens is 335 g/mol. The first-order valence-corrected chi connectivity index (χ1v) is 6.15. The van der Waals surface area contributed by atoms with Gasteiger partial charge in [-0.05, 0) is 6.92 Å². The summed E-state index contributed by atoms with van der Waals surface area (Å²) in [5, 5.41) is -0.0727. The number of carbonyl (C=O) groups is 1. The number of aromatic amines is 1. The number of nitrogens with one attached hydrogen (secondary N) is 1. The van der Waals surface area contributed by atoms with Crippen molar-refractivity contribution in [2.24, 2.45) is 0 Å². The zero-order chi connectivity index (χ0) is 14.6. The van der Waals surface area contributed by atoms with Crippen LogP contribution in [0, 0.1) is 0 Å².